The summed E-state index contributed by atoms with van der Waals surface area (Å²) in [6.07, 6.45) is 1.15. The number of benzene rings is 1. The van der Waals surface area contributed by atoms with Crippen molar-refractivity contribution in [1.29, 1.82) is 0 Å². The van der Waals surface area contributed by atoms with Crippen LogP contribution in [0.5, 0.6) is 5.75 Å². The molecule has 0 aliphatic heterocycles. The molecule has 0 saturated carbocycles. The maximum absolute atomic E-state index is 11.7. The molecule has 0 spiro atoms. The molecule has 0 heterocycles. The van der Waals surface area contributed by atoms with Gasteiger partial charge in [0.1, 0.15) is 5.75 Å². The number of aromatic hydroxyl groups is 1. The lowest BCUT2D eigenvalue weighted by molar-refractivity contribution is 0.102. The molecule has 16 heavy (non-hydrogen) atoms. The minimum atomic E-state index is 0.133. The van der Waals surface area contributed by atoms with E-state index in [-0.39, 0.29) is 11.5 Å². The molecule has 0 amide bonds. The zero-order valence-corrected chi connectivity index (χ0v) is 10.6. The van der Waals surface area contributed by atoms with Crippen molar-refractivity contribution in [3.8, 4) is 5.75 Å². The summed E-state index contributed by atoms with van der Waals surface area (Å²) in [4.78, 5) is 11.7. The Morgan fingerprint density at radius 3 is 2.50 bits per heavy atom. The standard InChI is InChI=1S/C13H18O2S/c1-10(2)7-8-16-9-13(15)11-3-5-12(14)6-4-11/h3-6,10,14H,7-9H2,1-2H3. The molecule has 0 saturated heterocycles. The predicted molar refractivity (Wildman–Crippen MR) is 69.2 cm³/mol. The van der Waals surface area contributed by atoms with E-state index in [0.29, 0.717) is 17.2 Å². The first kappa shape index (κ1) is 13.1. The van der Waals surface area contributed by atoms with Crippen molar-refractivity contribution in [2.75, 3.05) is 11.5 Å². The van der Waals surface area contributed by atoms with Gasteiger partial charge in [0.25, 0.3) is 0 Å². The second kappa shape index (κ2) is 6.59. The summed E-state index contributed by atoms with van der Waals surface area (Å²) >= 11 is 1.68. The van der Waals surface area contributed by atoms with Crippen LogP contribution in [0, 0.1) is 5.92 Å². The first-order valence-corrected chi connectivity index (χ1v) is 6.65. The van der Waals surface area contributed by atoms with Crippen molar-refractivity contribution in [2.45, 2.75) is 20.3 Å². The second-order valence-corrected chi connectivity index (χ2v) is 5.31. The monoisotopic (exact) mass is 238 g/mol. The van der Waals surface area contributed by atoms with Crippen molar-refractivity contribution >= 4 is 17.5 Å². The molecular weight excluding hydrogens is 220 g/mol. The van der Waals surface area contributed by atoms with Crippen LogP contribution in [0.4, 0.5) is 0 Å². The summed E-state index contributed by atoms with van der Waals surface area (Å²) in [6.45, 7) is 4.37. The van der Waals surface area contributed by atoms with Crippen LogP contribution in [0.1, 0.15) is 30.6 Å². The van der Waals surface area contributed by atoms with Gasteiger partial charge in [-0.1, -0.05) is 13.8 Å². The molecule has 1 aromatic carbocycles. The fourth-order valence-electron chi connectivity index (χ4n) is 1.21. The van der Waals surface area contributed by atoms with Crippen molar-refractivity contribution in [2.24, 2.45) is 5.92 Å². The van der Waals surface area contributed by atoms with Gasteiger partial charge in [-0.05, 0) is 42.4 Å². The van der Waals surface area contributed by atoms with E-state index in [0.717, 1.165) is 12.2 Å². The summed E-state index contributed by atoms with van der Waals surface area (Å²) in [5.41, 5.74) is 0.676. The number of ketones is 1. The van der Waals surface area contributed by atoms with Crippen molar-refractivity contribution in [3.05, 3.63) is 29.8 Å². The molecule has 1 N–H and O–H groups in total. The van der Waals surface area contributed by atoms with E-state index in [4.69, 9.17) is 5.11 Å². The number of rotatable bonds is 6. The number of phenols is 1. The summed E-state index contributed by atoms with van der Waals surface area (Å²) < 4.78 is 0. The molecule has 0 atom stereocenters. The van der Waals surface area contributed by atoms with Gasteiger partial charge < -0.3 is 5.11 Å². The maximum Gasteiger partial charge on any atom is 0.172 e. The molecule has 0 aromatic heterocycles. The lowest BCUT2D eigenvalue weighted by atomic mass is 10.1. The van der Waals surface area contributed by atoms with Gasteiger partial charge in [0.15, 0.2) is 5.78 Å². The van der Waals surface area contributed by atoms with Crippen LogP contribution in [-0.4, -0.2) is 22.4 Å². The van der Waals surface area contributed by atoms with Crippen LogP contribution >= 0.6 is 11.8 Å². The highest BCUT2D eigenvalue weighted by Gasteiger charge is 2.05. The minimum absolute atomic E-state index is 0.133. The Hall–Kier alpha value is -0.960. The topological polar surface area (TPSA) is 37.3 Å². The maximum atomic E-state index is 11.7. The quantitative estimate of drug-likeness (QED) is 0.610. The molecule has 0 fully saturated rings. The zero-order chi connectivity index (χ0) is 12.0. The van der Waals surface area contributed by atoms with E-state index in [1.165, 1.54) is 0 Å². The van der Waals surface area contributed by atoms with Gasteiger partial charge in [-0.25, -0.2) is 0 Å². The Morgan fingerprint density at radius 1 is 1.31 bits per heavy atom. The summed E-state index contributed by atoms with van der Waals surface area (Å²) in [5.74, 6) is 2.58. The molecule has 0 radical (unpaired) electrons. The van der Waals surface area contributed by atoms with E-state index < -0.39 is 0 Å². The summed E-state index contributed by atoms with van der Waals surface area (Å²) in [6, 6.07) is 6.43. The second-order valence-electron chi connectivity index (χ2n) is 4.21. The average Bonchev–Trinajstić information content (AvgIpc) is 2.25. The largest absolute Gasteiger partial charge is 0.508 e. The molecule has 0 bridgehead atoms. The van der Waals surface area contributed by atoms with Crippen molar-refractivity contribution in [3.63, 3.8) is 0 Å². The Kier molecular flexibility index (Phi) is 5.39. The van der Waals surface area contributed by atoms with E-state index >= 15 is 0 Å². The third-order valence-corrected chi connectivity index (χ3v) is 3.25. The van der Waals surface area contributed by atoms with E-state index in [1.807, 2.05) is 0 Å². The molecule has 0 aliphatic carbocycles. The first-order chi connectivity index (χ1) is 7.59. The van der Waals surface area contributed by atoms with Crippen molar-refractivity contribution < 1.29 is 9.90 Å². The Bertz CT molecular complexity index is 330. The third kappa shape index (κ3) is 4.71. The fraction of sp³-hybridized carbons (Fsp3) is 0.462. The first-order valence-electron chi connectivity index (χ1n) is 5.49. The van der Waals surface area contributed by atoms with Crippen molar-refractivity contribution in [1.82, 2.24) is 0 Å². The molecule has 0 unspecified atom stereocenters. The molecule has 0 aliphatic rings. The van der Waals surface area contributed by atoms with Gasteiger partial charge in [0.2, 0.25) is 0 Å². The number of carbonyl (C=O) groups excluding carboxylic acids is 1. The number of phenolic OH excluding ortho intramolecular Hbond substituents is 1. The van der Waals surface area contributed by atoms with Gasteiger partial charge in [-0.2, -0.15) is 11.8 Å². The Labute approximate surface area is 101 Å². The molecule has 1 rings (SSSR count). The molecular formula is C13H18O2S. The highest BCUT2D eigenvalue weighted by molar-refractivity contribution is 7.99. The number of thioether (sulfide) groups is 1. The van der Waals surface area contributed by atoms with Gasteiger partial charge >= 0.3 is 0 Å². The van der Waals surface area contributed by atoms with Crippen LogP contribution in [0.15, 0.2) is 24.3 Å². The lowest BCUT2D eigenvalue weighted by Gasteiger charge is -2.04. The average molecular weight is 238 g/mol. The summed E-state index contributed by atoms with van der Waals surface area (Å²) in [5, 5.41) is 9.10. The number of hydrogen-bond acceptors (Lipinski definition) is 3. The van der Waals surface area contributed by atoms with Crippen LogP contribution in [-0.2, 0) is 0 Å². The van der Waals surface area contributed by atoms with E-state index in [1.54, 1.807) is 36.0 Å². The van der Waals surface area contributed by atoms with Gasteiger partial charge in [0.05, 0.1) is 5.75 Å². The highest BCUT2D eigenvalue weighted by atomic mass is 32.2. The SMILES string of the molecule is CC(C)CCSCC(=O)c1ccc(O)cc1. The number of Topliss-reactive ketones (excluding diaryl/α,β-unsaturated/α-hetero) is 1. The predicted octanol–water partition coefficient (Wildman–Crippen LogP) is 3.35. The normalized spacial score (nSPS) is 10.7. The van der Waals surface area contributed by atoms with Crippen LogP contribution in [0.2, 0.25) is 0 Å². The van der Waals surface area contributed by atoms with Gasteiger partial charge in [0, 0.05) is 5.56 Å². The van der Waals surface area contributed by atoms with E-state index in [2.05, 4.69) is 13.8 Å². The van der Waals surface area contributed by atoms with Crippen LogP contribution in [0.3, 0.4) is 0 Å². The molecule has 88 valence electrons. The Morgan fingerprint density at radius 2 is 1.94 bits per heavy atom. The Balaban J connectivity index is 2.32. The minimum Gasteiger partial charge on any atom is -0.508 e. The van der Waals surface area contributed by atoms with Gasteiger partial charge in [-0.3, -0.25) is 4.79 Å². The number of hydrogen-bond donors (Lipinski definition) is 1. The molecule has 1 aromatic rings. The van der Waals surface area contributed by atoms with Gasteiger partial charge in [-0.15, -0.1) is 0 Å². The lowest BCUT2D eigenvalue weighted by Crippen LogP contribution is -2.03. The van der Waals surface area contributed by atoms with E-state index in [9.17, 15) is 4.79 Å². The smallest absolute Gasteiger partial charge is 0.172 e. The summed E-state index contributed by atoms with van der Waals surface area (Å²) in [7, 11) is 0. The molecule has 3 heteroatoms. The zero-order valence-electron chi connectivity index (χ0n) is 9.77. The highest BCUT2D eigenvalue weighted by Crippen LogP contribution is 2.14. The molecule has 2 nitrogen and oxygen atoms in total. The van der Waals surface area contributed by atoms with Crippen LogP contribution in [0.25, 0.3) is 0 Å². The number of carbonyl (C=O) groups is 1. The third-order valence-electron chi connectivity index (χ3n) is 2.26. The van der Waals surface area contributed by atoms with Crippen LogP contribution < -0.4 is 0 Å². The fourth-order valence-corrected chi connectivity index (χ4v) is 2.35.